The van der Waals surface area contributed by atoms with Gasteiger partial charge in [-0.2, -0.15) is 0 Å². The molecule has 5 heteroatoms. The van der Waals surface area contributed by atoms with E-state index in [1.807, 2.05) is 0 Å². The number of carboxylic acids is 1. The van der Waals surface area contributed by atoms with Gasteiger partial charge in [-0.25, -0.2) is 0 Å². The quantitative estimate of drug-likeness (QED) is 0.413. The fraction of sp³-hybridized carbons (Fsp3) is 0.844. The van der Waals surface area contributed by atoms with Crippen molar-refractivity contribution >= 4 is 17.7 Å². The third kappa shape index (κ3) is 3.30. The largest absolute Gasteiger partial charge is 0.481 e. The minimum absolute atomic E-state index is 0.0280. The number of rotatable bonds is 3. The van der Waals surface area contributed by atoms with Gasteiger partial charge in [-0.05, 0) is 102 Å². The number of carbonyl (C=O) groups is 3. The molecule has 8 atom stereocenters. The second kappa shape index (κ2) is 8.18. The van der Waals surface area contributed by atoms with E-state index < -0.39 is 11.4 Å². The van der Waals surface area contributed by atoms with Gasteiger partial charge in [0.1, 0.15) is 6.10 Å². The number of aliphatic carboxylic acids is 1. The molecule has 5 nitrogen and oxygen atoms in total. The van der Waals surface area contributed by atoms with Crippen LogP contribution in [0.2, 0.25) is 0 Å². The molecule has 5 rings (SSSR count). The molecule has 0 amide bonds. The highest BCUT2D eigenvalue weighted by atomic mass is 16.5. The van der Waals surface area contributed by atoms with Crippen LogP contribution in [0.5, 0.6) is 0 Å². The number of ether oxygens (including phenoxy) is 1. The summed E-state index contributed by atoms with van der Waals surface area (Å²) in [4.78, 5) is 38.0. The second-order valence-corrected chi connectivity index (χ2v) is 15.0. The van der Waals surface area contributed by atoms with Crippen molar-refractivity contribution in [3.8, 4) is 0 Å². The lowest BCUT2D eigenvalue weighted by Gasteiger charge is -2.72. The van der Waals surface area contributed by atoms with Crippen LogP contribution in [0.15, 0.2) is 11.1 Å². The maximum atomic E-state index is 13.3. The molecule has 4 saturated carbocycles. The summed E-state index contributed by atoms with van der Waals surface area (Å²) in [7, 11) is 0. The minimum atomic E-state index is -0.991. The van der Waals surface area contributed by atoms with Crippen LogP contribution in [0.3, 0.4) is 0 Å². The van der Waals surface area contributed by atoms with Gasteiger partial charge in [-0.1, -0.05) is 48.5 Å². The van der Waals surface area contributed by atoms with E-state index in [9.17, 15) is 19.5 Å². The normalized spacial score (nSPS) is 46.6. The zero-order valence-electron chi connectivity index (χ0n) is 24.3. The first kappa shape index (κ1) is 26.9. The lowest BCUT2D eigenvalue weighted by atomic mass is 9.33. The third-order valence-electron chi connectivity index (χ3n) is 13.1. The van der Waals surface area contributed by atoms with Crippen molar-refractivity contribution in [3.63, 3.8) is 0 Å². The summed E-state index contributed by atoms with van der Waals surface area (Å²) < 4.78 is 5.86. The molecular weight excluding hydrogens is 464 g/mol. The van der Waals surface area contributed by atoms with Gasteiger partial charge in [0.25, 0.3) is 0 Å². The molecule has 0 radical (unpaired) electrons. The van der Waals surface area contributed by atoms with Crippen LogP contribution in [0.1, 0.15) is 113 Å². The Labute approximate surface area is 223 Å². The number of carbonyl (C=O) groups excluding carboxylic acids is 2. The van der Waals surface area contributed by atoms with Crippen molar-refractivity contribution in [2.75, 3.05) is 0 Å². The van der Waals surface area contributed by atoms with E-state index in [0.717, 1.165) is 56.1 Å². The van der Waals surface area contributed by atoms with Crippen LogP contribution in [0.4, 0.5) is 0 Å². The number of Topliss-reactive ketones (excluding diaryl/α,β-unsaturated/α-hetero) is 1. The summed E-state index contributed by atoms with van der Waals surface area (Å²) in [5.74, 6) is 0.341. The Bertz CT molecular complexity index is 1070. The first-order chi connectivity index (χ1) is 17.1. The Morgan fingerprint density at radius 1 is 0.892 bits per heavy atom. The van der Waals surface area contributed by atoms with E-state index in [-0.39, 0.29) is 57.8 Å². The van der Waals surface area contributed by atoms with Gasteiger partial charge in [0.2, 0.25) is 0 Å². The van der Waals surface area contributed by atoms with Gasteiger partial charge >= 0.3 is 11.9 Å². The maximum Gasteiger partial charge on any atom is 0.314 e. The number of fused-ring (bicyclic) bond motifs is 7. The number of hydrogen-bond acceptors (Lipinski definition) is 4. The molecule has 5 aliphatic rings. The molecule has 5 aliphatic carbocycles. The summed E-state index contributed by atoms with van der Waals surface area (Å²) >= 11 is 0. The highest BCUT2D eigenvalue weighted by Gasteiger charge is 2.71. The zero-order chi connectivity index (χ0) is 27.3. The van der Waals surface area contributed by atoms with E-state index in [1.54, 1.807) is 0 Å². The van der Waals surface area contributed by atoms with Crippen molar-refractivity contribution in [2.45, 2.75) is 119 Å². The Hall–Kier alpha value is -1.65. The van der Waals surface area contributed by atoms with E-state index >= 15 is 0 Å². The summed E-state index contributed by atoms with van der Waals surface area (Å²) in [6, 6.07) is 0. The first-order valence-corrected chi connectivity index (χ1v) is 14.7. The summed E-state index contributed by atoms with van der Waals surface area (Å²) in [5, 5.41) is 10.5. The highest BCUT2D eigenvalue weighted by Crippen LogP contribution is 2.76. The average Bonchev–Trinajstić information content (AvgIpc) is 3.09. The molecule has 0 saturated heterocycles. The number of allylic oxidation sites excluding steroid dienone is 1. The average molecular weight is 513 g/mol. The van der Waals surface area contributed by atoms with Crippen molar-refractivity contribution in [3.05, 3.63) is 11.1 Å². The molecule has 0 aromatic rings. The number of ketones is 1. The van der Waals surface area contributed by atoms with Crippen molar-refractivity contribution in [1.29, 1.82) is 0 Å². The molecule has 4 fully saturated rings. The SMILES string of the molecule is CC(=O)O[C@H]1CC[C@]2(C)[C@H]3CC[C@@H]4C5=C(C(C)C)C(=O)C[C@]5(C(=O)O)CC[C@@]4(C)[C@]3(C)CC[C@H]2C1(C)C. The lowest BCUT2D eigenvalue weighted by molar-refractivity contribution is -0.233. The minimum Gasteiger partial charge on any atom is -0.481 e. The predicted octanol–water partition coefficient (Wildman–Crippen LogP) is 6.98. The van der Waals surface area contributed by atoms with Gasteiger partial charge in [-0.3, -0.25) is 14.4 Å². The van der Waals surface area contributed by atoms with Crippen molar-refractivity contribution in [1.82, 2.24) is 0 Å². The Morgan fingerprint density at radius 3 is 2.16 bits per heavy atom. The van der Waals surface area contributed by atoms with Crippen molar-refractivity contribution in [2.24, 2.45) is 50.7 Å². The standard InChI is InChI=1S/C32H48O5/c1-18(2)25-21(34)17-32(27(35)36)16-15-30(7)20(26(25)32)9-10-23-29(6)13-12-24(37-19(3)33)28(4,5)22(29)11-14-31(23,30)8/h18,20,22-24H,9-17H2,1-8H3,(H,35,36)/t20-,22+,23-,24+,29+,30-,31-,32-/m1/s1. The smallest absolute Gasteiger partial charge is 0.314 e. The molecule has 0 bridgehead atoms. The molecule has 1 N–H and O–H groups in total. The fourth-order valence-corrected chi connectivity index (χ4v) is 11.3. The Morgan fingerprint density at radius 2 is 1.57 bits per heavy atom. The first-order valence-electron chi connectivity index (χ1n) is 14.7. The van der Waals surface area contributed by atoms with Gasteiger partial charge < -0.3 is 9.84 Å². The number of esters is 1. The van der Waals surface area contributed by atoms with Crippen LogP contribution < -0.4 is 0 Å². The van der Waals surface area contributed by atoms with Crippen LogP contribution >= 0.6 is 0 Å². The molecule has 0 aromatic heterocycles. The van der Waals surface area contributed by atoms with Crippen LogP contribution in [0, 0.1) is 50.7 Å². The molecule has 0 aliphatic heterocycles. The van der Waals surface area contributed by atoms with Gasteiger partial charge in [0.05, 0.1) is 5.41 Å². The zero-order valence-corrected chi connectivity index (χ0v) is 24.3. The molecule has 0 unspecified atom stereocenters. The maximum absolute atomic E-state index is 13.3. The molecule has 0 aromatic carbocycles. The molecule has 0 heterocycles. The van der Waals surface area contributed by atoms with Gasteiger partial charge in [-0.15, -0.1) is 0 Å². The van der Waals surface area contributed by atoms with E-state index in [1.165, 1.54) is 6.92 Å². The van der Waals surface area contributed by atoms with Crippen molar-refractivity contribution < 1.29 is 24.2 Å². The fourth-order valence-electron chi connectivity index (χ4n) is 11.3. The third-order valence-corrected chi connectivity index (χ3v) is 13.1. The molecule has 0 spiro atoms. The number of hydrogen-bond donors (Lipinski definition) is 1. The van der Waals surface area contributed by atoms with E-state index in [2.05, 4.69) is 48.5 Å². The summed E-state index contributed by atoms with van der Waals surface area (Å²) in [6.07, 6.45) is 7.82. The van der Waals surface area contributed by atoms with Crippen LogP contribution in [-0.4, -0.2) is 28.9 Å². The van der Waals surface area contributed by atoms with E-state index in [0.29, 0.717) is 18.3 Å². The monoisotopic (exact) mass is 512 g/mol. The topological polar surface area (TPSA) is 80.7 Å². The Kier molecular flexibility index (Phi) is 5.95. The molecule has 206 valence electrons. The summed E-state index contributed by atoms with van der Waals surface area (Å²) in [5.41, 5.74) is 0.992. The van der Waals surface area contributed by atoms with Crippen LogP contribution in [-0.2, 0) is 19.1 Å². The lowest BCUT2D eigenvalue weighted by Crippen LogP contribution is -2.66. The Balaban J connectivity index is 1.57. The highest BCUT2D eigenvalue weighted by molar-refractivity contribution is 6.05. The van der Waals surface area contributed by atoms with Gasteiger partial charge in [0, 0.05) is 18.8 Å². The molecular formula is C32H48O5. The molecule has 37 heavy (non-hydrogen) atoms. The van der Waals surface area contributed by atoms with Crippen LogP contribution in [0.25, 0.3) is 0 Å². The second-order valence-electron chi connectivity index (χ2n) is 15.0. The predicted molar refractivity (Wildman–Crippen MR) is 143 cm³/mol. The van der Waals surface area contributed by atoms with E-state index in [4.69, 9.17) is 4.74 Å². The summed E-state index contributed by atoms with van der Waals surface area (Å²) in [6.45, 7) is 17.7. The number of carboxylic acid groups (broad SMARTS) is 1. The van der Waals surface area contributed by atoms with Gasteiger partial charge in [0.15, 0.2) is 5.78 Å².